The third-order valence-corrected chi connectivity index (χ3v) is 24.7. The molecule has 5 aliphatic carbocycles. The summed E-state index contributed by atoms with van der Waals surface area (Å²) < 4.78 is 74.4. The molecule has 90 heavy (non-hydrogen) atoms. The van der Waals surface area contributed by atoms with E-state index in [1.54, 1.807) is 7.11 Å². The van der Waals surface area contributed by atoms with Gasteiger partial charge < -0.3 is 57.2 Å². The van der Waals surface area contributed by atoms with Crippen molar-refractivity contribution in [3.05, 3.63) is 130 Å². The van der Waals surface area contributed by atoms with Gasteiger partial charge in [0.05, 0.1) is 63.5 Å². The van der Waals surface area contributed by atoms with Crippen molar-refractivity contribution in [2.75, 3.05) is 26.9 Å². The monoisotopic (exact) mass is 1240 g/mol. The van der Waals surface area contributed by atoms with Crippen LogP contribution in [-0.4, -0.2) is 118 Å². The molecule has 23 atom stereocenters. The maximum Gasteiger partial charge on any atom is 0.317 e. The van der Waals surface area contributed by atoms with E-state index in [-0.39, 0.29) is 64.8 Å². The molecule has 3 aromatic carbocycles. The summed E-state index contributed by atoms with van der Waals surface area (Å²) in [5.41, 5.74) is 13.2. The van der Waals surface area contributed by atoms with Crippen LogP contribution in [0.4, 0.5) is 0 Å². The fraction of sp³-hybridized carbons (Fsp3) is 0.716. The Morgan fingerprint density at radius 2 is 1.33 bits per heavy atom. The van der Waals surface area contributed by atoms with Crippen molar-refractivity contribution in [3.8, 4) is 0 Å². The van der Waals surface area contributed by atoms with Crippen LogP contribution in [0.1, 0.15) is 158 Å². The first kappa shape index (κ1) is 67.2. The van der Waals surface area contributed by atoms with E-state index in [4.69, 9.17) is 52.1 Å². The molecule has 0 bridgehead atoms. The Balaban J connectivity index is 0.879. The lowest BCUT2D eigenvalue weighted by Crippen LogP contribution is -2.68. The molecule has 0 radical (unpaired) electrons. The molecule has 3 aliphatic heterocycles. The number of azide groups is 1. The number of hydrogen-bond donors (Lipinski definition) is 1. The zero-order valence-electron chi connectivity index (χ0n) is 56.0. The number of allylic oxidation sites excluding steroid dienone is 2. The molecule has 4 saturated carbocycles. The zero-order valence-corrected chi connectivity index (χ0v) is 56.0. The molecular weight excluding hydrogens is 1140 g/mol. The van der Waals surface area contributed by atoms with Crippen molar-refractivity contribution in [2.24, 2.45) is 73.1 Å². The van der Waals surface area contributed by atoms with Gasteiger partial charge in [-0.1, -0.05) is 177 Å². The molecule has 11 rings (SSSR count). The third kappa shape index (κ3) is 12.5. The van der Waals surface area contributed by atoms with E-state index in [1.165, 1.54) is 18.4 Å². The van der Waals surface area contributed by atoms with E-state index in [0.717, 1.165) is 48.8 Å². The Bertz CT molecular complexity index is 2970. The van der Waals surface area contributed by atoms with Gasteiger partial charge in [-0.3, -0.25) is 4.79 Å². The number of nitrogens with zero attached hydrogens (tertiary/aromatic N) is 3. The Hall–Kier alpha value is -4.26. The predicted molar refractivity (Wildman–Crippen MR) is 342 cm³/mol. The maximum absolute atomic E-state index is 16.2. The van der Waals surface area contributed by atoms with Crippen LogP contribution in [0.15, 0.2) is 108 Å². The van der Waals surface area contributed by atoms with Crippen LogP contribution in [0.3, 0.4) is 0 Å². The SMILES string of the molecule is CCOC1C(OC)C(OC2C(C)[C@@H](N=[N+]=[N-])C(COCc3ccccc3)O[C@H]2OC(=O)[C@]23CCC(C)(C)CC2C2=CCC4C5(C)CC[C@H](C)C(C)(C)[C@@H]5CC[C@@]4(C)[C@]2(C)C[C@H]3O)O[C@H](C)[C@@H]1O[C@@H]1OC[C@@H](OCc2ccccc2)C(OCc2ccccc2)C1C. The molecule has 16 nitrogen and oxygen atoms in total. The van der Waals surface area contributed by atoms with E-state index >= 15 is 4.79 Å². The number of aliphatic hydroxyl groups is 1. The second kappa shape index (κ2) is 27.2. The van der Waals surface area contributed by atoms with Gasteiger partial charge in [0.1, 0.15) is 35.9 Å². The largest absolute Gasteiger partial charge is 0.432 e. The topological polar surface area (TPSA) is 188 Å². The first-order chi connectivity index (χ1) is 43.0. The molecule has 3 heterocycles. The van der Waals surface area contributed by atoms with Gasteiger partial charge in [-0.25, -0.2) is 0 Å². The van der Waals surface area contributed by atoms with Gasteiger partial charge in [0, 0.05) is 24.5 Å². The van der Waals surface area contributed by atoms with Gasteiger partial charge in [-0.2, -0.15) is 0 Å². The van der Waals surface area contributed by atoms with Gasteiger partial charge >= 0.3 is 5.97 Å². The van der Waals surface area contributed by atoms with E-state index in [1.807, 2.05) is 112 Å². The Labute approximate surface area is 536 Å². The molecule has 0 aromatic heterocycles. The van der Waals surface area contributed by atoms with Crippen molar-refractivity contribution in [1.82, 2.24) is 0 Å². The minimum absolute atomic E-state index is 0.0257. The van der Waals surface area contributed by atoms with Crippen molar-refractivity contribution >= 4 is 5.97 Å². The lowest BCUT2D eigenvalue weighted by atomic mass is 9.33. The minimum Gasteiger partial charge on any atom is -0.432 e. The molecule has 3 saturated heterocycles. The van der Waals surface area contributed by atoms with E-state index in [2.05, 4.69) is 78.4 Å². The highest BCUT2D eigenvalue weighted by molar-refractivity contribution is 5.80. The summed E-state index contributed by atoms with van der Waals surface area (Å²) in [6.07, 6.45) is 0.541. The van der Waals surface area contributed by atoms with Crippen molar-refractivity contribution in [1.29, 1.82) is 0 Å². The summed E-state index contributed by atoms with van der Waals surface area (Å²) in [5.74, 6) is -0.0132. The summed E-state index contributed by atoms with van der Waals surface area (Å²) >= 11 is 0. The Morgan fingerprint density at radius 1 is 0.689 bits per heavy atom. The van der Waals surface area contributed by atoms with Gasteiger partial charge in [0.2, 0.25) is 6.29 Å². The molecule has 16 heteroatoms. The summed E-state index contributed by atoms with van der Waals surface area (Å²) in [6.45, 7) is 29.1. The van der Waals surface area contributed by atoms with Crippen LogP contribution in [0.5, 0.6) is 0 Å². The molecule has 8 aliphatic rings. The van der Waals surface area contributed by atoms with Crippen LogP contribution in [-0.2, 0) is 76.7 Å². The summed E-state index contributed by atoms with van der Waals surface area (Å²) in [4.78, 5) is 19.6. The minimum atomic E-state index is -1.36. The number of methoxy groups -OCH3 is 1. The number of benzene rings is 3. The van der Waals surface area contributed by atoms with Crippen LogP contribution >= 0.6 is 0 Å². The van der Waals surface area contributed by atoms with Gasteiger partial charge in [0.15, 0.2) is 12.6 Å². The Morgan fingerprint density at radius 3 is 1.98 bits per heavy atom. The predicted octanol–water partition coefficient (Wildman–Crippen LogP) is 14.3. The highest BCUT2D eigenvalue weighted by atomic mass is 16.8. The zero-order chi connectivity index (χ0) is 64.0. The quantitative estimate of drug-likeness (QED) is 0.0370. The molecule has 3 aromatic rings. The van der Waals surface area contributed by atoms with E-state index in [0.29, 0.717) is 50.4 Å². The molecule has 7 fully saturated rings. The molecule has 0 amide bonds. The fourth-order valence-corrected chi connectivity index (χ4v) is 19.0. The average molecular weight is 1240 g/mol. The van der Waals surface area contributed by atoms with Crippen molar-refractivity contribution in [3.63, 3.8) is 0 Å². The number of rotatable bonds is 20. The highest BCUT2D eigenvalue weighted by Crippen LogP contribution is 2.76. The van der Waals surface area contributed by atoms with Crippen molar-refractivity contribution in [2.45, 2.75) is 241 Å². The highest BCUT2D eigenvalue weighted by Gasteiger charge is 2.72. The number of hydrogen-bond acceptors (Lipinski definition) is 14. The summed E-state index contributed by atoms with van der Waals surface area (Å²) in [7, 11) is 1.58. The first-order valence-corrected chi connectivity index (χ1v) is 34.0. The number of aliphatic hydroxyl groups excluding tert-OH is 1. The number of fused-ring (bicyclic) bond motifs is 7. The molecule has 1 N–H and O–H groups in total. The fourth-order valence-electron chi connectivity index (χ4n) is 19.0. The van der Waals surface area contributed by atoms with Gasteiger partial charge in [0.25, 0.3) is 0 Å². The molecule has 0 spiro atoms. The van der Waals surface area contributed by atoms with Gasteiger partial charge in [-0.15, -0.1) is 0 Å². The van der Waals surface area contributed by atoms with Gasteiger partial charge in [-0.05, 0) is 151 Å². The standard InChI is InChI=1S/C74H105N3O13/c1-14-82-63-62(89-65-47(4)60(84-42-51-28-22-17-23-29-51)55(44-85-65)83-41-50-26-20-16-21-27-50)48(5)86-67(64(63)80-13)88-61-46(3)59(76-77-75)54(43-81-40-49-24-18-15-19-25-49)87-66(61)90-68(79)74-37-36-69(6,7)38-53(74)52-30-31-57-71(10)34-32-45(2)70(8,9)56(71)33-35-72(57,11)73(52,12)39-58(74)78/h15-30,45-48,53-67,78H,14,31-44H2,1-13H3/t45-,46?,47?,48+,53?,54?,55+,56-,57?,58+,59+,60?,61?,62-,63?,64?,65-,66-,67?,71?,72+,73+,74+/m0/s1. The van der Waals surface area contributed by atoms with Crippen LogP contribution in [0.25, 0.3) is 10.4 Å². The second-order valence-electron chi connectivity index (χ2n) is 30.4. The molecular formula is C74H105N3O13. The molecule has 11 unspecified atom stereocenters. The van der Waals surface area contributed by atoms with E-state index < -0.39 is 91.0 Å². The number of ether oxygens (including phenoxy) is 11. The summed E-state index contributed by atoms with van der Waals surface area (Å²) in [6, 6.07) is 29.2. The van der Waals surface area contributed by atoms with Crippen LogP contribution < -0.4 is 0 Å². The Kier molecular flexibility index (Phi) is 20.3. The van der Waals surface area contributed by atoms with Crippen molar-refractivity contribution < 1.29 is 62.0 Å². The normalized spacial score (nSPS) is 42.0. The summed E-state index contributed by atoms with van der Waals surface area (Å²) in [5, 5.41) is 17.7. The number of carbonyl (C=O) groups is 1. The number of carbonyl (C=O) groups excluding carboxylic acids is 1. The van der Waals surface area contributed by atoms with Crippen LogP contribution in [0, 0.1) is 68.0 Å². The lowest BCUT2D eigenvalue weighted by molar-refractivity contribution is -0.370. The third-order valence-electron chi connectivity index (χ3n) is 24.7. The first-order valence-electron chi connectivity index (χ1n) is 34.0. The van der Waals surface area contributed by atoms with Crippen LogP contribution in [0.2, 0.25) is 0 Å². The average Bonchev–Trinajstić information content (AvgIpc) is 0.674. The smallest absolute Gasteiger partial charge is 0.317 e. The number of esters is 1. The maximum atomic E-state index is 16.2. The second-order valence-corrected chi connectivity index (χ2v) is 30.4. The lowest BCUT2D eigenvalue weighted by Gasteiger charge is -2.72. The molecule has 494 valence electrons. The van der Waals surface area contributed by atoms with E-state index in [9.17, 15) is 10.6 Å².